The van der Waals surface area contributed by atoms with Crippen molar-refractivity contribution in [1.29, 1.82) is 0 Å². The number of aromatic nitrogens is 4. The van der Waals surface area contributed by atoms with Crippen LogP contribution in [0, 0.1) is 0 Å². The molecule has 0 bridgehead atoms. The minimum atomic E-state index is -4.08. The lowest BCUT2D eigenvalue weighted by atomic mass is 9.87. The predicted molar refractivity (Wildman–Crippen MR) is 124 cm³/mol. The summed E-state index contributed by atoms with van der Waals surface area (Å²) in [6.07, 6.45) is 0.392. The van der Waals surface area contributed by atoms with E-state index in [0.717, 1.165) is 15.3 Å². The summed E-state index contributed by atoms with van der Waals surface area (Å²) in [6.45, 7) is 6.05. The standard InChI is InChI=1S/C21H23ClN6O4S/c1-21(2,3)13-6-8-14(9-7-13)33(31,32)25-17-11-10-16(22)15(12-29)18(17)19(30)27(4)20-23-26-28(5)24-20/h6-12,25H,1-5H3. The molecule has 1 amide bonds. The number of hydrogen-bond acceptors (Lipinski definition) is 7. The van der Waals surface area contributed by atoms with Crippen LogP contribution in [0.3, 0.4) is 0 Å². The molecular formula is C21H23ClN6O4S. The molecular weight excluding hydrogens is 468 g/mol. The molecule has 0 aliphatic rings. The second kappa shape index (κ2) is 8.91. The Kier molecular flexibility index (Phi) is 6.57. The van der Waals surface area contributed by atoms with Crippen molar-refractivity contribution in [2.45, 2.75) is 31.1 Å². The van der Waals surface area contributed by atoms with E-state index in [1.54, 1.807) is 12.1 Å². The van der Waals surface area contributed by atoms with Gasteiger partial charge in [-0.25, -0.2) is 8.42 Å². The van der Waals surface area contributed by atoms with Gasteiger partial charge in [0.15, 0.2) is 6.29 Å². The zero-order chi connectivity index (χ0) is 24.6. The molecule has 10 nitrogen and oxygen atoms in total. The van der Waals surface area contributed by atoms with Gasteiger partial charge >= 0.3 is 0 Å². The molecule has 0 saturated carbocycles. The number of aldehydes is 1. The van der Waals surface area contributed by atoms with Gasteiger partial charge in [-0.3, -0.25) is 19.2 Å². The molecule has 0 spiro atoms. The van der Waals surface area contributed by atoms with Gasteiger partial charge in [-0.05, 0) is 40.5 Å². The van der Waals surface area contributed by atoms with E-state index in [1.807, 2.05) is 20.8 Å². The first-order chi connectivity index (χ1) is 15.3. The van der Waals surface area contributed by atoms with E-state index in [0.29, 0.717) is 6.29 Å². The number of nitrogens with one attached hydrogen (secondary N) is 1. The van der Waals surface area contributed by atoms with E-state index in [2.05, 4.69) is 20.1 Å². The summed E-state index contributed by atoms with van der Waals surface area (Å²) in [4.78, 5) is 27.2. The number of anilines is 2. The van der Waals surface area contributed by atoms with Gasteiger partial charge in [-0.1, -0.05) is 49.6 Å². The van der Waals surface area contributed by atoms with Crippen LogP contribution in [0.5, 0.6) is 0 Å². The fourth-order valence-corrected chi connectivity index (χ4v) is 4.30. The topological polar surface area (TPSA) is 127 Å². The molecule has 2 aromatic carbocycles. The molecule has 0 aliphatic heterocycles. The average Bonchev–Trinajstić information content (AvgIpc) is 3.19. The maximum Gasteiger partial charge on any atom is 0.272 e. The Hall–Kier alpha value is -3.31. The van der Waals surface area contributed by atoms with Crippen LogP contribution in [-0.2, 0) is 22.5 Å². The molecule has 3 rings (SSSR count). The highest BCUT2D eigenvalue weighted by Crippen LogP contribution is 2.30. The van der Waals surface area contributed by atoms with Crippen LogP contribution in [-0.4, -0.2) is 47.9 Å². The highest BCUT2D eigenvalue weighted by atomic mass is 35.5. The number of tetrazole rings is 1. The van der Waals surface area contributed by atoms with Crippen molar-refractivity contribution in [2.24, 2.45) is 7.05 Å². The van der Waals surface area contributed by atoms with E-state index in [1.165, 1.54) is 38.4 Å². The normalized spacial score (nSPS) is 11.8. The fourth-order valence-electron chi connectivity index (χ4n) is 3.03. The van der Waals surface area contributed by atoms with Gasteiger partial charge in [-0.2, -0.15) is 4.80 Å². The zero-order valence-electron chi connectivity index (χ0n) is 18.7. The molecule has 33 heavy (non-hydrogen) atoms. The maximum atomic E-state index is 13.2. The van der Waals surface area contributed by atoms with Crippen LogP contribution in [0.4, 0.5) is 11.6 Å². The second-order valence-electron chi connectivity index (χ2n) is 8.32. The summed E-state index contributed by atoms with van der Waals surface area (Å²) >= 11 is 6.12. The lowest BCUT2D eigenvalue weighted by molar-refractivity contribution is 0.0985. The van der Waals surface area contributed by atoms with Crippen molar-refractivity contribution in [2.75, 3.05) is 16.7 Å². The van der Waals surface area contributed by atoms with Crippen molar-refractivity contribution < 1.29 is 18.0 Å². The molecule has 174 valence electrons. The third kappa shape index (κ3) is 5.04. The van der Waals surface area contributed by atoms with E-state index >= 15 is 0 Å². The number of hydrogen-bond donors (Lipinski definition) is 1. The zero-order valence-corrected chi connectivity index (χ0v) is 20.3. The second-order valence-corrected chi connectivity index (χ2v) is 10.4. The van der Waals surface area contributed by atoms with Crippen molar-refractivity contribution in [1.82, 2.24) is 20.2 Å². The molecule has 3 aromatic rings. The molecule has 0 aliphatic carbocycles. The minimum absolute atomic E-state index is 0.000416. The number of sulfonamides is 1. The summed E-state index contributed by atoms with van der Waals surface area (Å²) in [6, 6.07) is 9.08. The van der Waals surface area contributed by atoms with Crippen molar-refractivity contribution >= 4 is 45.5 Å². The quantitative estimate of drug-likeness (QED) is 0.526. The Balaban J connectivity index is 2.04. The van der Waals surface area contributed by atoms with Gasteiger partial charge in [0.05, 0.1) is 28.2 Å². The van der Waals surface area contributed by atoms with Crippen molar-refractivity contribution in [3.63, 3.8) is 0 Å². The highest BCUT2D eigenvalue weighted by molar-refractivity contribution is 7.92. The summed E-state index contributed by atoms with van der Waals surface area (Å²) in [5, 5.41) is 11.4. The third-order valence-corrected chi connectivity index (χ3v) is 6.61. The Morgan fingerprint density at radius 1 is 1.15 bits per heavy atom. The van der Waals surface area contributed by atoms with Gasteiger partial charge in [0.1, 0.15) is 0 Å². The van der Waals surface area contributed by atoms with Gasteiger partial charge in [0.2, 0.25) is 0 Å². The number of halogens is 1. The molecule has 0 atom stereocenters. The predicted octanol–water partition coefficient (Wildman–Crippen LogP) is 3.05. The van der Waals surface area contributed by atoms with Crippen molar-refractivity contribution in [3.8, 4) is 0 Å². The average molecular weight is 491 g/mol. The van der Waals surface area contributed by atoms with Crippen LogP contribution in [0.15, 0.2) is 41.3 Å². The van der Waals surface area contributed by atoms with E-state index in [9.17, 15) is 18.0 Å². The Morgan fingerprint density at radius 3 is 2.30 bits per heavy atom. The van der Waals surface area contributed by atoms with Crippen LogP contribution < -0.4 is 9.62 Å². The van der Waals surface area contributed by atoms with E-state index in [4.69, 9.17) is 11.6 Å². The fraction of sp³-hybridized carbons (Fsp3) is 0.286. The highest BCUT2D eigenvalue weighted by Gasteiger charge is 2.27. The smallest absolute Gasteiger partial charge is 0.272 e. The number of aryl methyl sites for hydroxylation is 1. The molecule has 0 fully saturated rings. The number of carbonyl (C=O) groups is 2. The van der Waals surface area contributed by atoms with Gasteiger partial charge in [0.25, 0.3) is 21.9 Å². The monoisotopic (exact) mass is 490 g/mol. The molecule has 0 unspecified atom stereocenters. The number of benzene rings is 2. The summed E-state index contributed by atoms with van der Waals surface area (Å²) < 4.78 is 28.5. The number of nitrogens with zero attached hydrogens (tertiary/aromatic N) is 5. The van der Waals surface area contributed by atoms with Crippen LogP contribution in [0.25, 0.3) is 0 Å². The van der Waals surface area contributed by atoms with Crippen LogP contribution in [0.1, 0.15) is 47.1 Å². The molecule has 0 radical (unpaired) electrons. The Morgan fingerprint density at radius 2 is 1.79 bits per heavy atom. The largest absolute Gasteiger partial charge is 0.298 e. The lowest BCUT2D eigenvalue weighted by Crippen LogP contribution is -2.30. The maximum absolute atomic E-state index is 13.2. The lowest BCUT2D eigenvalue weighted by Gasteiger charge is -2.20. The summed E-state index contributed by atoms with van der Waals surface area (Å²) in [5.41, 5.74) is 0.304. The summed E-state index contributed by atoms with van der Waals surface area (Å²) in [5.74, 6) is -0.778. The molecule has 12 heteroatoms. The van der Waals surface area contributed by atoms with Gasteiger partial charge < -0.3 is 0 Å². The number of carbonyl (C=O) groups excluding carboxylic acids is 2. The molecule has 1 heterocycles. The van der Waals surface area contributed by atoms with Gasteiger partial charge in [-0.15, -0.1) is 5.10 Å². The first-order valence-electron chi connectivity index (χ1n) is 9.78. The Labute approximate surface area is 196 Å². The first-order valence-corrected chi connectivity index (χ1v) is 11.6. The molecule has 1 aromatic heterocycles. The van der Waals surface area contributed by atoms with E-state index < -0.39 is 15.9 Å². The molecule has 1 N–H and O–H groups in total. The van der Waals surface area contributed by atoms with Crippen molar-refractivity contribution in [3.05, 3.63) is 58.1 Å². The van der Waals surface area contributed by atoms with E-state index in [-0.39, 0.29) is 38.1 Å². The third-order valence-electron chi connectivity index (χ3n) is 4.90. The first kappa shape index (κ1) is 24.3. The number of rotatable bonds is 6. The van der Waals surface area contributed by atoms with Gasteiger partial charge in [0, 0.05) is 12.6 Å². The SMILES string of the molecule is CN(C(=O)c1c(NS(=O)(=O)c2ccc(C(C)(C)C)cc2)ccc(Cl)c1C=O)c1nnn(C)n1. The van der Waals surface area contributed by atoms with Crippen LogP contribution >= 0.6 is 11.6 Å². The Bertz CT molecular complexity index is 1310. The summed E-state index contributed by atoms with van der Waals surface area (Å²) in [7, 11) is -1.19. The van der Waals surface area contributed by atoms with Crippen LogP contribution in [0.2, 0.25) is 5.02 Å². The number of amides is 1. The molecule has 0 saturated heterocycles. The minimum Gasteiger partial charge on any atom is -0.298 e.